The predicted molar refractivity (Wildman–Crippen MR) is 80.0 cm³/mol. The van der Waals surface area contributed by atoms with Crippen LogP contribution in [0.25, 0.3) is 5.65 Å². The van der Waals surface area contributed by atoms with Crippen molar-refractivity contribution in [1.29, 1.82) is 0 Å². The predicted octanol–water partition coefficient (Wildman–Crippen LogP) is 2.17. The second-order valence-electron chi connectivity index (χ2n) is 5.81. The van der Waals surface area contributed by atoms with Gasteiger partial charge in [-0.15, -0.1) is 0 Å². The summed E-state index contributed by atoms with van der Waals surface area (Å²) in [6.07, 6.45) is 6.40. The van der Waals surface area contributed by atoms with Crippen LogP contribution in [-0.2, 0) is 16.1 Å². The van der Waals surface area contributed by atoms with Gasteiger partial charge < -0.3 is 9.14 Å². The number of fused-ring (bicyclic) bond motifs is 1. The van der Waals surface area contributed by atoms with Crippen molar-refractivity contribution in [2.75, 3.05) is 7.11 Å². The standard InChI is InChI=1S/C16H21N3O2/c1-11-4-7-15-17-13(9-18(15)8-11)10-19(14-5-6-14)12(2)16(20)21-3/h4,7-9,12,14H,5-6,10H2,1-3H3. The molecule has 0 bridgehead atoms. The molecule has 1 fully saturated rings. The van der Waals surface area contributed by atoms with Gasteiger partial charge in [-0.1, -0.05) is 6.07 Å². The van der Waals surface area contributed by atoms with Crippen LogP contribution in [0.3, 0.4) is 0 Å². The van der Waals surface area contributed by atoms with Gasteiger partial charge in [0.15, 0.2) is 0 Å². The van der Waals surface area contributed by atoms with Gasteiger partial charge in [-0.05, 0) is 38.3 Å². The van der Waals surface area contributed by atoms with E-state index in [1.54, 1.807) is 0 Å². The van der Waals surface area contributed by atoms with E-state index in [1.807, 2.05) is 23.6 Å². The number of aryl methyl sites for hydroxylation is 1. The smallest absolute Gasteiger partial charge is 0.322 e. The minimum Gasteiger partial charge on any atom is -0.468 e. The number of rotatable bonds is 5. The first-order valence-corrected chi connectivity index (χ1v) is 7.36. The van der Waals surface area contributed by atoms with Gasteiger partial charge in [0.1, 0.15) is 11.7 Å². The van der Waals surface area contributed by atoms with Crippen molar-refractivity contribution in [3.63, 3.8) is 0 Å². The largest absolute Gasteiger partial charge is 0.468 e. The third-order valence-electron chi connectivity index (χ3n) is 4.05. The summed E-state index contributed by atoms with van der Waals surface area (Å²) in [7, 11) is 1.44. The van der Waals surface area contributed by atoms with E-state index in [0.29, 0.717) is 12.6 Å². The Hall–Kier alpha value is -1.88. The number of aromatic nitrogens is 2. The second-order valence-corrected chi connectivity index (χ2v) is 5.81. The Labute approximate surface area is 124 Å². The van der Waals surface area contributed by atoms with E-state index in [4.69, 9.17) is 4.74 Å². The summed E-state index contributed by atoms with van der Waals surface area (Å²) in [5.74, 6) is -0.179. The molecule has 0 radical (unpaired) electrons. The lowest BCUT2D eigenvalue weighted by Gasteiger charge is -2.26. The van der Waals surface area contributed by atoms with E-state index in [9.17, 15) is 4.79 Å². The van der Waals surface area contributed by atoms with E-state index in [1.165, 1.54) is 12.7 Å². The molecule has 1 atom stereocenters. The van der Waals surface area contributed by atoms with Crippen LogP contribution in [0.15, 0.2) is 24.5 Å². The molecule has 0 N–H and O–H groups in total. The number of hydrogen-bond acceptors (Lipinski definition) is 4. The normalized spacial score (nSPS) is 16.4. The summed E-state index contributed by atoms with van der Waals surface area (Å²) in [5.41, 5.74) is 3.13. The fraction of sp³-hybridized carbons (Fsp3) is 0.500. The highest BCUT2D eigenvalue weighted by molar-refractivity contribution is 5.75. The number of methoxy groups -OCH3 is 1. The summed E-state index contributed by atoms with van der Waals surface area (Å²) in [5, 5.41) is 0. The van der Waals surface area contributed by atoms with Gasteiger partial charge in [0.05, 0.1) is 12.8 Å². The maximum Gasteiger partial charge on any atom is 0.322 e. The van der Waals surface area contributed by atoms with Gasteiger partial charge in [-0.2, -0.15) is 0 Å². The molecule has 1 saturated carbocycles. The molecule has 112 valence electrons. The lowest BCUT2D eigenvalue weighted by atomic mass is 10.2. The Bertz CT molecular complexity index is 661. The van der Waals surface area contributed by atoms with Crippen molar-refractivity contribution in [1.82, 2.24) is 14.3 Å². The lowest BCUT2D eigenvalue weighted by Crippen LogP contribution is -2.40. The molecule has 5 heteroatoms. The number of hydrogen-bond donors (Lipinski definition) is 0. The second kappa shape index (κ2) is 5.48. The number of carbonyl (C=O) groups is 1. The minimum atomic E-state index is -0.228. The monoisotopic (exact) mass is 287 g/mol. The third kappa shape index (κ3) is 2.93. The molecule has 0 aromatic carbocycles. The van der Waals surface area contributed by atoms with Crippen molar-refractivity contribution in [2.24, 2.45) is 0 Å². The molecule has 2 heterocycles. The highest BCUT2D eigenvalue weighted by Crippen LogP contribution is 2.30. The molecule has 1 unspecified atom stereocenters. The molecule has 1 aliphatic rings. The van der Waals surface area contributed by atoms with E-state index in [-0.39, 0.29) is 12.0 Å². The summed E-state index contributed by atoms with van der Waals surface area (Å²) in [6.45, 7) is 4.65. The van der Waals surface area contributed by atoms with Gasteiger partial charge in [0.25, 0.3) is 0 Å². The molecular formula is C16H21N3O2. The number of carbonyl (C=O) groups excluding carboxylic acids is 1. The fourth-order valence-electron chi connectivity index (χ4n) is 2.71. The Morgan fingerprint density at radius 2 is 2.24 bits per heavy atom. The first kappa shape index (κ1) is 14.1. The lowest BCUT2D eigenvalue weighted by molar-refractivity contribution is -0.146. The van der Waals surface area contributed by atoms with Crippen LogP contribution in [0.5, 0.6) is 0 Å². The van der Waals surface area contributed by atoms with Gasteiger partial charge in [-0.25, -0.2) is 4.98 Å². The zero-order valence-electron chi connectivity index (χ0n) is 12.7. The highest BCUT2D eigenvalue weighted by atomic mass is 16.5. The van der Waals surface area contributed by atoms with Crippen LogP contribution in [0.4, 0.5) is 0 Å². The number of ether oxygens (including phenoxy) is 1. The highest BCUT2D eigenvalue weighted by Gasteiger charge is 2.35. The molecule has 5 nitrogen and oxygen atoms in total. The average Bonchev–Trinajstić information content (AvgIpc) is 3.23. The number of imidazole rings is 1. The van der Waals surface area contributed by atoms with Crippen LogP contribution < -0.4 is 0 Å². The van der Waals surface area contributed by atoms with E-state index in [0.717, 1.165) is 24.2 Å². The Balaban J connectivity index is 1.82. The fourth-order valence-corrected chi connectivity index (χ4v) is 2.71. The number of nitrogens with zero attached hydrogens (tertiary/aromatic N) is 3. The van der Waals surface area contributed by atoms with Crippen LogP contribution in [0.1, 0.15) is 31.0 Å². The number of pyridine rings is 1. The van der Waals surface area contributed by atoms with Crippen molar-refractivity contribution in [3.05, 3.63) is 35.8 Å². The molecule has 2 aromatic heterocycles. The van der Waals surface area contributed by atoms with Gasteiger partial charge in [0, 0.05) is 25.0 Å². The first-order valence-electron chi connectivity index (χ1n) is 7.36. The van der Waals surface area contributed by atoms with Gasteiger partial charge >= 0.3 is 5.97 Å². The molecule has 0 spiro atoms. The Kier molecular flexibility index (Phi) is 3.68. The van der Waals surface area contributed by atoms with E-state index < -0.39 is 0 Å². The molecule has 3 rings (SSSR count). The van der Waals surface area contributed by atoms with Crippen LogP contribution in [-0.4, -0.2) is 39.4 Å². The SMILES string of the molecule is COC(=O)C(C)N(Cc1cn2cc(C)ccc2n1)C1CC1. The van der Waals surface area contributed by atoms with Crippen molar-refractivity contribution in [2.45, 2.75) is 45.3 Å². The zero-order chi connectivity index (χ0) is 15.0. The van der Waals surface area contributed by atoms with Crippen LogP contribution >= 0.6 is 0 Å². The molecule has 21 heavy (non-hydrogen) atoms. The van der Waals surface area contributed by atoms with E-state index in [2.05, 4.69) is 29.1 Å². The van der Waals surface area contributed by atoms with Crippen molar-refractivity contribution >= 4 is 11.6 Å². The summed E-state index contributed by atoms with van der Waals surface area (Å²) >= 11 is 0. The molecular weight excluding hydrogens is 266 g/mol. The molecule has 0 aliphatic heterocycles. The summed E-state index contributed by atoms with van der Waals surface area (Å²) < 4.78 is 6.92. The maximum atomic E-state index is 11.8. The van der Waals surface area contributed by atoms with Crippen molar-refractivity contribution < 1.29 is 9.53 Å². The maximum absolute atomic E-state index is 11.8. The van der Waals surface area contributed by atoms with Crippen LogP contribution in [0.2, 0.25) is 0 Å². The van der Waals surface area contributed by atoms with Gasteiger partial charge in [-0.3, -0.25) is 9.69 Å². The Morgan fingerprint density at radius 3 is 2.90 bits per heavy atom. The van der Waals surface area contributed by atoms with Gasteiger partial charge in [0.2, 0.25) is 0 Å². The number of esters is 1. The topological polar surface area (TPSA) is 46.8 Å². The summed E-state index contributed by atoms with van der Waals surface area (Å²) in [4.78, 5) is 18.6. The van der Waals surface area contributed by atoms with E-state index >= 15 is 0 Å². The first-order chi connectivity index (χ1) is 10.1. The quantitative estimate of drug-likeness (QED) is 0.791. The average molecular weight is 287 g/mol. The zero-order valence-corrected chi connectivity index (χ0v) is 12.7. The molecule has 1 aliphatic carbocycles. The minimum absolute atomic E-state index is 0.179. The third-order valence-corrected chi connectivity index (χ3v) is 4.05. The Morgan fingerprint density at radius 1 is 1.48 bits per heavy atom. The van der Waals surface area contributed by atoms with Crippen molar-refractivity contribution in [3.8, 4) is 0 Å². The van der Waals surface area contributed by atoms with Crippen LogP contribution in [0, 0.1) is 6.92 Å². The molecule has 2 aromatic rings. The molecule has 0 amide bonds. The summed E-state index contributed by atoms with van der Waals surface area (Å²) in [6, 6.07) is 4.32. The molecule has 0 saturated heterocycles.